The summed E-state index contributed by atoms with van der Waals surface area (Å²) in [6.07, 6.45) is 2.30. The van der Waals surface area contributed by atoms with Gasteiger partial charge >= 0.3 is 5.97 Å². The summed E-state index contributed by atoms with van der Waals surface area (Å²) in [4.78, 5) is 10.5. The first-order valence-electron chi connectivity index (χ1n) is 3.01. The van der Waals surface area contributed by atoms with Crippen molar-refractivity contribution in [2.24, 2.45) is 0 Å². The fraction of sp³-hybridized carbons (Fsp3) is 0.429. The van der Waals surface area contributed by atoms with Gasteiger partial charge < -0.3 is 4.74 Å². The van der Waals surface area contributed by atoms with Gasteiger partial charge in [-0.05, 0) is 13.3 Å². The van der Waals surface area contributed by atoms with Crippen LogP contribution in [0, 0.1) is 5.41 Å². The molecule has 0 saturated heterocycles. The van der Waals surface area contributed by atoms with Crippen molar-refractivity contribution < 1.29 is 9.53 Å². The molecule has 0 aliphatic carbocycles. The molecular weight excluding hydrogens is 130 g/mol. The van der Waals surface area contributed by atoms with Crippen molar-refractivity contribution in [1.29, 1.82) is 5.41 Å². The molecule has 0 aliphatic heterocycles. The maximum Gasteiger partial charge on any atom is 0.351 e. The number of hydrogen-bond donors (Lipinski definition) is 1. The molecule has 0 unspecified atom stereocenters. The summed E-state index contributed by atoms with van der Waals surface area (Å²) in [5, 5.41) is 6.84. The highest BCUT2D eigenvalue weighted by Gasteiger charge is 2.02. The van der Waals surface area contributed by atoms with Crippen LogP contribution in [0.2, 0.25) is 0 Å². The Kier molecular flexibility index (Phi) is 4.20. The van der Waals surface area contributed by atoms with E-state index in [1.807, 2.05) is 0 Å². The standard InChI is InChI=1S/C7H11NO2/c1-3-4-5-10-7(9)6(2)8/h3,8H,1,4-5H2,2H3. The van der Waals surface area contributed by atoms with Gasteiger partial charge in [0.1, 0.15) is 5.71 Å². The molecule has 0 radical (unpaired) electrons. The smallest absolute Gasteiger partial charge is 0.351 e. The number of hydrogen-bond acceptors (Lipinski definition) is 3. The zero-order valence-electron chi connectivity index (χ0n) is 6.02. The Labute approximate surface area is 60.2 Å². The highest BCUT2D eigenvalue weighted by Crippen LogP contribution is 1.85. The van der Waals surface area contributed by atoms with Crippen molar-refractivity contribution >= 4 is 11.7 Å². The van der Waals surface area contributed by atoms with Crippen LogP contribution in [-0.2, 0) is 9.53 Å². The molecule has 0 amide bonds. The van der Waals surface area contributed by atoms with Gasteiger partial charge in [0.05, 0.1) is 6.61 Å². The van der Waals surface area contributed by atoms with Gasteiger partial charge in [-0.3, -0.25) is 5.41 Å². The molecule has 0 fully saturated rings. The molecular formula is C7H11NO2. The Balaban J connectivity index is 3.40. The lowest BCUT2D eigenvalue weighted by Crippen LogP contribution is -2.13. The SMILES string of the molecule is C=CCCOC(=O)C(C)=N. The van der Waals surface area contributed by atoms with Gasteiger partial charge in [-0.15, -0.1) is 6.58 Å². The van der Waals surface area contributed by atoms with Crippen molar-refractivity contribution in [2.75, 3.05) is 6.61 Å². The second-order valence-electron chi connectivity index (χ2n) is 1.84. The fourth-order valence-corrected chi connectivity index (χ4v) is 0.343. The molecule has 0 atom stereocenters. The minimum Gasteiger partial charge on any atom is -0.461 e. The van der Waals surface area contributed by atoms with E-state index >= 15 is 0 Å². The summed E-state index contributed by atoms with van der Waals surface area (Å²) >= 11 is 0. The average Bonchev–Trinajstić information content (AvgIpc) is 1.88. The van der Waals surface area contributed by atoms with Gasteiger partial charge in [-0.2, -0.15) is 0 Å². The van der Waals surface area contributed by atoms with Crippen LogP contribution < -0.4 is 0 Å². The topological polar surface area (TPSA) is 50.2 Å². The van der Waals surface area contributed by atoms with Gasteiger partial charge in [0, 0.05) is 0 Å². The van der Waals surface area contributed by atoms with E-state index in [1.165, 1.54) is 6.92 Å². The third-order valence-corrected chi connectivity index (χ3v) is 0.861. The van der Waals surface area contributed by atoms with Crippen molar-refractivity contribution in [3.8, 4) is 0 Å². The van der Waals surface area contributed by atoms with Crippen LogP contribution in [0.5, 0.6) is 0 Å². The molecule has 0 aromatic heterocycles. The molecule has 10 heavy (non-hydrogen) atoms. The number of nitrogens with one attached hydrogen (secondary N) is 1. The number of ether oxygens (including phenoxy) is 1. The maximum absolute atomic E-state index is 10.5. The fourth-order valence-electron chi connectivity index (χ4n) is 0.343. The Hall–Kier alpha value is -1.12. The van der Waals surface area contributed by atoms with Crippen LogP contribution in [0.1, 0.15) is 13.3 Å². The van der Waals surface area contributed by atoms with E-state index in [0.29, 0.717) is 13.0 Å². The van der Waals surface area contributed by atoms with Gasteiger partial charge in [0.15, 0.2) is 0 Å². The highest BCUT2D eigenvalue weighted by atomic mass is 16.5. The molecule has 0 aromatic rings. The molecule has 3 heteroatoms. The zero-order valence-corrected chi connectivity index (χ0v) is 6.02. The van der Waals surface area contributed by atoms with E-state index in [9.17, 15) is 4.79 Å². The zero-order chi connectivity index (χ0) is 7.98. The van der Waals surface area contributed by atoms with Gasteiger partial charge in [0.25, 0.3) is 0 Å². The summed E-state index contributed by atoms with van der Waals surface area (Å²) in [7, 11) is 0. The number of esters is 1. The Morgan fingerprint density at radius 1 is 1.80 bits per heavy atom. The Bertz CT molecular complexity index is 152. The van der Waals surface area contributed by atoms with Crippen LogP contribution in [0.15, 0.2) is 12.7 Å². The summed E-state index contributed by atoms with van der Waals surface area (Å²) in [6, 6.07) is 0. The number of carbonyl (C=O) groups is 1. The largest absolute Gasteiger partial charge is 0.461 e. The minimum atomic E-state index is -0.554. The third-order valence-electron chi connectivity index (χ3n) is 0.861. The Morgan fingerprint density at radius 2 is 2.40 bits per heavy atom. The molecule has 56 valence electrons. The highest BCUT2D eigenvalue weighted by molar-refractivity contribution is 6.33. The van der Waals surface area contributed by atoms with E-state index in [-0.39, 0.29) is 5.71 Å². The molecule has 3 nitrogen and oxygen atoms in total. The lowest BCUT2D eigenvalue weighted by molar-refractivity contribution is -0.135. The predicted molar refractivity (Wildman–Crippen MR) is 39.2 cm³/mol. The van der Waals surface area contributed by atoms with Gasteiger partial charge in [-0.1, -0.05) is 6.08 Å². The van der Waals surface area contributed by atoms with Crippen molar-refractivity contribution in [3.05, 3.63) is 12.7 Å². The molecule has 0 heterocycles. The normalized spacial score (nSPS) is 8.50. The van der Waals surface area contributed by atoms with Crippen LogP contribution >= 0.6 is 0 Å². The average molecular weight is 141 g/mol. The first-order valence-corrected chi connectivity index (χ1v) is 3.01. The van der Waals surface area contributed by atoms with E-state index < -0.39 is 5.97 Å². The molecule has 1 N–H and O–H groups in total. The molecule has 0 spiro atoms. The van der Waals surface area contributed by atoms with Crippen LogP contribution in [0.3, 0.4) is 0 Å². The lowest BCUT2D eigenvalue weighted by Gasteiger charge is -1.98. The van der Waals surface area contributed by atoms with E-state index in [0.717, 1.165) is 0 Å². The first kappa shape index (κ1) is 8.88. The molecule has 0 aliphatic rings. The van der Waals surface area contributed by atoms with Crippen LogP contribution in [0.25, 0.3) is 0 Å². The van der Waals surface area contributed by atoms with Crippen LogP contribution in [0.4, 0.5) is 0 Å². The molecule has 0 saturated carbocycles. The summed E-state index contributed by atoms with van der Waals surface area (Å²) in [5.41, 5.74) is -0.0657. The van der Waals surface area contributed by atoms with Gasteiger partial charge in [-0.25, -0.2) is 4.79 Å². The summed E-state index contributed by atoms with van der Waals surface area (Å²) in [5.74, 6) is -0.554. The lowest BCUT2D eigenvalue weighted by atomic mass is 10.4. The Morgan fingerprint density at radius 3 is 2.80 bits per heavy atom. The third kappa shape index (κ3) is 3.83. The van der Waals surface area contributed by atoms with E-state index in [4.69, 9.17) is 5.41 Å². The predicted octanol–water partition coefficient (Wildman–Crippen LogP) is 1.15. The summed E-state index contributed by atoms with van der Waals surface area (Å²) in [6.45, 7) is 5.17. The minimum absolute atomic E-state index is 0.0657. The first-order chi connectivity index (χ1) is 4.68. The van der Waals surface area contributed by atoms with E-state index in [2.05, 4.69) is 11.3 Å². The van der Waals surface area contributed by atoms with Crippen molar-refractivity contribution in [3.63, 3.8) is 0 Å². The van der Waals surface area contributed by atoms with Gasteiger partial charge in [0.2, 0.25) is 0 Å². The number of rotatable bonds is 4. The number of carbonyl (C=O) groups excluding carboxylic acids is 1. The van der Waals surface area contributed by atoms with E-state index in [1.54, 1.807) is 6.08 Å². The van der Waals surface area contributed by atoms with Crippen LogP contribution in [-0.4, -0.2) is 18.3 Å². The molecule has 0 rings (SSSR count). The summed E-state index contributed by atoms with van der Waals surface area (Å²) < 4.78 is 4.61. The second kappa shape index (κ2) is 4.73. The quantitative estimate of drug-likeness (QED) is 0.276. The monoisotopic (exact) mass is 141 g/mol. The van der Waals surface area contributed by atoms with Crippen molar-refractivity contribution in [2.45, 2.75) is 13.3 Å². The molecule has 0 aromatic carbocycles. The molecule has 0 bridgehead atoms. The van der Waals surface area contributed by atoms with Crippen molar-refractivity contribution in [1.82, 2.24) is 0 Å². The maximum atomic E-state index is 10.5. The second-order valence-corrected chi connectivity index (χ2v) is 1.84.